The van der Waals surface area contributed by atoms with Gasteiger partial charge >= 0.3 is 6.09 Å². The second kappa shape index (κ2) is 7.35. The van der Waals surface area contributed by atoms with E-state index in [1.807, 2.05) is 0 Å². The van der Waals surface area contributed by atoms with Crippen molar-refractivity contribution in [2.75, 3.05) is 12.0 Å². The fourth-order valence-corrected chi connectivity index (χ4v) is 3.04. The number of benzene rings is 1. The fourth-order valence-electron chi connectivity index (χ4n) is 2.39. The van der Waals surface area contributed by atoms with Crippen LogP contribution in [0.2, 0.25) is 0 Å². The first-order valence-corrected chi connectivity index (χ1v) is 9.27. The van der Waals surface area contributed by atoms with Crippen molar-refractivity contribution < 1.29 is 18.3 Å². The molecule has 132 valence electrons. The molecule has 0 spiro atoms. The third-order valence-corrected chi connectivity index (χ3v) is 4.71. The molecule has 0 unspecified atom stereocenters. The molecule has 1 aromatic carbocycles. The summed E-state index contributed by atoms with van der Waals surface area (Å²) in [4.78, 5) is 15.3. The molecule has 8 heteroatoms. The van der Waals surface area contributed by atoms with Crippen LogP contribution in [0, 0.1) is 0 Å². The Morgan fingerprint density at radius 2 is 2.12 bits per heavy atom. The van der Waals surface area contributed by atoms with E-state index >= 15 is 0 Å². The molecule has 2 aromatic rings. The Morgan fingerprint density at radius 3 is 2.72 bits per heavy atom. The van der Waals surface area contributed by atoms with Crippen molar-refractivity contribution in [3.8, 4) is 11.1 Å². The first-order valence-electron chi connectivity index (χ1n) is 7.38. The number of nitrogen functional groups attached to an aromatic ring is 1. The van der Waals surface area contributed by atoms with E-state index < -0.39 is 22.0 Å². The van der Waals surface area contributed by atoms with Crippen LogP contribution in [0.5, 0.6) is 0 Å². The van der Waals surface area contributed by atoms with Gasteiger partial charge in [-0.15, -0.1) is 6.58 Å². The topological polar surface area (TPSA) is 122 Å². The number of amides is 1. The lowest BCUT2D eigenvalue weighted by molar-refractivity contribution is 0.189. The van der Waals surface area contributed by atoms with Crippen molar-refractivity contribution in [1.29, 1.82) is 0 Å². The number of aromatic nitrogens is 1. The molecule has 0 fully saturated rings. The normalized spacial score (nSPS) is 12.4. The number of rotatable bonds is 6. The number of hydrogen-bond acceptors (Lipinski definition) is 5. The molecule has 1 atom stereocenters. The van der Waals surface area contributed by atoms with Gasteiger partial charge in [0.05, 0.1) is 16.6 Å². The maximum Gasteiger partial charge on any atom is 0.405 e. The Bertz CT molecular complexity index is 910. The van der Waals surface area contributed by atoms with Crippen LogP contribution in [0.4, 0.5) is 10.5 Å². The van der Waals surface area contributed by atoms with Crippen LogP contribution in [0.25, 0.3) is 11.1 Å². The molecule has 7 nitrogen and oxygen atoms in total. The van der Waals surface area contributed by atoms with E-state index in [9.17, 15) is 13.2 Å². The molecular formula is C17H19N3O4S. The highest BCUT2D eigenvalue weighted by Gasteiger charge is 2.16. The average Bonchev–Trinajstić information content (AvgIpc) is 2.53. The fraction of sp³-hybridized carbons (Fsp3) is 0.176. The molecule has 0 saturated carbocycles. The van der Waals surface area contributed by atoms with Crippen molar-refractivity contribution in [2.45, 2.75) is 17.4 Å². The largest absolute Gasteiger partial charge is 0.465 e. The zero-order chi connectivity index (χ0) is 18.6. The second-order valence-electron chi connectivity index (χ2n) is 5.52. The van der Waals surface area contributed by atoms with Gasteiger partial charge in [0.1, 0.15) is 0 Å². The molecule has 2 rings (SSSR count). The lowest BCUT2D eigenvalue weighted by Gasteiger charge is -2.16. The van der Waals surface area contributed by atoms with Gasteiger partial charge in [0.25, 0.3) is 0 Å². The van der Waals surface area contributed by atoms with Crippen molar-refractivity contribution >= 4 is 21.6 Å². The van der Waals surface area contributed by atoms with Crippen LogP contribution < -0.4 is 11.1 Å². The molecule has 0 aliphatic heterocycles. The maximum absolute atomic E-state index is 11.8. The quantitative estimate of drug-likeness (QED) is 0.537. The van der Waals surface area contributed by atoms with Gasteiger partial charge in [-0.05, 0) is 42.3 Å². The zero-order valence-electron chi connectivity index (χ0n) is 13.6. The Labute approximate surface area is 146 Å². The van der Waals surface area contributed by atoms with E-state index in [-0.39, 0.29) is 4.90 Å². The third kappa shape index (κ3) is 4.57. The van der Waals surface area contributed by atoms with Gasteiger partial charge in [-0.1, -0.05) is 6.08 Å². The average molecular weight is 361 g/mol. The van der Waals surface area contributed by atoms with E-state index in [0.717, 1.165) is 6.26 Å². The summed E-state index contributed by atoms with van der Waals surface area (Å²) in [5, 5.41) is 11.4. The van der Waals surface area contributed by atoms with Crippen LogP contribution in [0.3, 0.4) is 0 Å². The summed E-state index contributed by atoms with van der Waals surface area (Å²) in [7, 11) is -3.38. The maximum atomic E-state index is 11.8. The minimum absolute atomic E-state index is 0.154. The number of nitrogens with two attached hydrogens (primary N) is 1. The highest BCUT2D eigenvalue weighted by molar-refractivity contribution is 7.90. The molecule has 0 radical (unpaired) electrons. The molecule has 4 N–H and O–H groups in total. The summed E-state index contributed by atoms with van der Waals surface area (Å²) in [6, 6.07) is 7.28. The summed E-state index contributed by atoms with van der Waals surface area (Å²) < 4.78 is 23.5. The Hall–Kier alpha value is -2.87. The molecule has 1 heterocycles. The molecule has 1 amide bonds. The van der Waals surface area contributed by atoms with Gasteiger partial charge in [-0.2, -0.15) is 0 Å². The number of carbonyl (C=O) groups is 1. The van der Waals surface area contributed by atoms with Crippen molar-refractivity contribution in [3.05, 3.63) is 54.9 Å². The van der Waals surface area contributed by atoms with Gasteiger partial charge in [-0.25, -0.2) is 13.2 Å². The number of nitrogens with one attached hydrogen (secondary N) is 1. The van der Waals surface area contributed by atoms with Gasteiger partial charge in [0, 0.05) is 23.7 Å². The number of hydrogen-bond donors (Lipinski definition) is 3. The first kappa shape index (κ1) is 18.5. The smallest absolute Gasteiger partial charge is 0.405 e. The minimum Gasteiger partial charge on any atom is -0.465 e. The van der Waals surface area contributed by atoms with Crippen LogP contribution in [0.1, 0.15) is 18.2 Å². The summed E-state index contributed by atoms with van der Waals surface area (Å²) >= 11 is 0. The minimum atomic E-state index is -3.38. The molecule has 0 aliphatic rings. The number of carboxylic acid groups (broad SMARTS) is 1. The summed E-state index contributed by atoms with van der Waals surface area (Å²) in [5.41, 5.74) is 8.08. The number of nitrogens with zero attached hydrogens (tertiary/aromatic N) is 1. The van der Waals surface area contributed by atoms with E-state index in [2.05, 4.69) is 16.9 Å². The van der Waals surface area contributed by atoms with Crippen LogP contribution >= 0.6 is 0 Å². The predicted octanol–water partition coefficient (Wildman–Crippen LogP) is 2.62. The summed E-state index contributed by atoms with van der Waals surface area (Å²) in [5.74, 6) is 0. The summed E-state index contributed by atoms with van der Waals surface area (Å²) in [6.45, 7) is 3.62. The van der Waals surface area contributed by atoms with E-state index in [1.54, 1.807) is 18.2 Å². The third-order valence-electron chi connectivity index (χ3n) is 3.60. The molecule has 0 saturated heterocycles. The standard InChI is InChI=1S/C17H19N3O4S/c1-3-4-15(20-17(21)22)16-9-11(7-8-19-16)13-10-12(25(2,23)24)5-6-14(13)18/h3,5-10,15,20H,1,4,18H2,2H3,(H,21,22)/t15-/m0/s1. The lowest BCUT2D eigenvalue weighted by atomic mass is 10.0. The molecular weight excluding hydrogens is 342 g/mol. The lowest BCUT2D eigenvalue weighted by Crippen LogP contribution is -2.27. The Balaban J connectivity index is 2.51. The van der Waals surface area contributed by atoms with Crippen LogP contribution in [-0.2, 0) is 9.84 Å². The van der Waals surface area contributed by atoms with Crippen LogP contribution in [0.15, 0.2) is 54.1 Å². The van der Waals surface area contributed by atoms with Gasteiger partial charge in [0.2, 0.25) is 0 Å². The van der Waals surface area contributed by atoms with Crippen molar-refractivity contribution in [3.63, 3.8) is 0 Å². The highest BCUT2D eigenvalue weighted by atomic mass is 32.2. The number of pyridine rings is 1. The van der Waals surface area contributed by atoms with E-state index in [1.165, 1.54) is 24.4 Å². The van der Waals surface area contributed by atoms with E-state index in [4.69, 9.17) is 10.8 Å². The molecule has 0 bridgehead atoms. The Kier molecular flexibility index (Phi) is 5.43. The first-order chi connectivity index (χ1) is 11.7. The van der Waals surface area contributed by atoms with E-state index in [0.29, 0.717) is 28.9 Å². The predicted molar refractivity (Wildman–Crippen MR) is 95.9 cm³/mol. The zero-order valence-corrected chi connectivity index (χ0v) is 14.5. The number of sulfone groups is 1. The van der Waals surface area contributed by atoms with Gasteiger partial charge in [0.15, 0.2) is 9.84 Å². The van der Waals surface area contributed by atoms with Crippen molar-refractivity contribution in [1.82, 2.24) is 10.3 Å². The van der Waals surface area contributed by atoms with Gasteiger partial charge in [-0.3, -0.25) is 4.98 Å². The number of anilines is 1. The van der Waals surface area contributed by atoms with Crippen LogP contribution in [-0.4, -0.2) is 30.9 Å². The molecule has 25 heavy (non-hydrogen) atoms. The molecule has 1 aromatic heterocycles. The Morgan fingerprint density at radius 1 is 1.40 bits per heavy atom. The van der Waals surface area contributed by atoms with Gasteiger partial charge < -0.3 is 16.2 Å². The molecule has 0 aliphatic carbocycles. The second-order valence-corrected chi connectivity index (χ2v) is 7.53. The SMILES string of the molecule is C=CC[C@H](NC(=O)O)c1cc(-c2cc(S(C)(=O)=O)ccc2N)ccn1. The summed E-state index contributed by atoms with van der Waals surface area (Å²) in [6.07, 6.45) is 3.43. The highest BCUT2D eigenvalue weighted by Crippen LogP contribution is 2.30. The monoisotopic (exact) mass is 361 g/mol. The van der Waals surface area contributed by atoms with Crippen molar-refractivity contribution in [2.24, 2.45) is 0 Å².